The van der Waals surface area contributed by atoms with E-state index < -0.39 is 0 Å². The number of aromatic nitrogens is 1. The minimum absolute atomic E-state index is 0.547. The van der Waals surface area contributed by atoms with E-state index in [1.807, 2.05) is 6.20 Å². The van der Waals surface area contributed by atoms with E-state index in [0.717, 1.165) is 36.9 Å². The Kier molecular flexibility index (Phi) is 4.58. The van der Waals surface area contributed by atoms with Crippen LogP contribution in [0, 0.1) is 5.92 Å². The number of aliphatic imine (C=N–C) groups is 1. The molecule has 21 heavy (non-hydrogen) atoms. The summed E-state index contributed by atoms with van der Waals surface area (Å²) in [4.78, 5) is 11.2. The molecule has 5 nitrogen and oxygen atoms in total. The lowest BCUT2D eigenvalue weighted by Gasteiger charge is -2.25. The van der Waals surface area contributed by atoms with Crippen molar-refractivity contribution in [3.05, 3.63) is 23.9 Å². The first-order valence-electron chi connectivity index (χ1n) is 8.05. The standard InChI is InChI=1S/C16H25N5/c17-16(19-10-13-4-3-5-13)20-12-14-6-7-15(18-11-14)21-8-1-2-9-21/h6-7,11,13H,1-5,8-10,12H2,(H3,17,19,20). The summed E-state index contributed by atoms with van der Waals surface area (Å²) in [5.74, 6) is 2.42. The molecule has 2 aliphatic rings. The lowest BCUT2D eigenvalue weighted by Crippen LogP contribution is -2.37. The van der Waals surface area contributed by atoms with Crippen LogP contribution in [0.2, 0.25) is 0 Å². The molecule has 0 radical (unpaired) electrons. The highest BCUT2D eigenvalue weighted by molar-refractivity contribution is 5.77. The van der Waals surface area contributed by atoms with Crippen LogP contribution in [0.5, 0.6) is 0 Å². The Balaban J connectivity index is 1.47. The Bertz CT molecular complexity index is 472. The number of nitrogens with zero attached hydrogens (tertiary/aromatic N) is 3. The van der Waals surface area contributed by atoms with Gasteiger partial charge in [0.1, 0.15) is 5.82 Å². The van der Waals surface area contributed by atoms with Gasteiger partial charge < -0.3 is 16.0 Å². The van der Waals surface area contributed by atoms with Crippen molar-refractivity contribution in [3.8, 4) is 0 Å². The second-order valence-electron chi connectivity index (χ2n) is 6.10. The zero-order valence-electron chi connectivity index (χ0n) is 12.6. The fourth-order valence-electron chi connectivity index (χ4n) is 2.82. The zero-order valence-corrected chi connectivity index (χ0v) is 12.6. The molecule has 0 atom stereocenters. The number of hydrogen-bond donors (Lipinski definition) is 2. The lowest BCUT2D eigenvalue weighted by molar-refractivity contribution is 0.315. The van der Waals surface area contributed by atoms with Crippen molar-refractivity contribution in [2.24, 2.45) is 16.6 Å². The zero-order chi connectivity index (χ0) is 14.5. The van der Waals surface area contributed by atoms with Crippen LogP contribution >= 0.6 is 0 Å². The van der Waals surface area contributed by atoms with E-state index in [2.05, 4.69) is 32.3 Å². The van der Waals surface area contributed by atoms with Crippen LogP contribution in [-0.4, -0.2) is 30.6 Å². The molecule has 0 amide bonds. The highest BCUT2D eigenvalue weighted by atomic mass is 15.2. The van der Waals surface area contributed by atoms with Crippen molar-refractivity contribution in [1.82, 2.24) is 10.3 Å². The molecule has 0 aromatic carbocycles. The summed E-state index contributed by atoms with van der Waals surface area (Å²) >= 11 is 0. The molecule has 3 rings (SSSR count). The van der Waals surface area contributed by atoms with Gasteiger partial charge in [-0.2, -0.15) is 0 Å². The summed E-state index contributed by atoms with van der Waals surface area (Å²) in [5, 5.41) is 3.21. The Labute approximate surface area is 126 Å². The van der Waals surface area contributed by atoms with Crippen molar-refractivity contribution in [2.75, 3.05) is 24.5 Å². The third-order valence-corrected chi connectivity index (χ3v) is 4.47. The normalized spacial score (nSPS) is 19.6. The van der Waals surface area contributed by atoms with E-state index in [1.54, 1.807) is 0 Å². The largest absolute Gasteiger partial charge is 0.370 e. The van der Waals surface area contributed by atoms with Gasteiger partial charge in [-0.1, -0.05) is 12.5 Å². The van der Waals surface area contributed by atoms with Gasteiger partial charge in [-0.25, -0.2) is 9.98 Å². The van der Waals surface area contributed by atoms with E-state index in [1.165, 1.54) is 32.1 Å². The summed E-state index contributed by atoms with van der Waals surface area (Å²) in [6.07, 6.45) is 8.47. The molecular formula is C16H25N5. The summed E-state index contributed by atoms with van der Waals surface area (Å²) in [7, 11) is 0. The van der Waals surface area contributed by atoms with E-state index in [-0.39, 0.29) is 0 Å². The molecule has 2 fully saturated rings. The Hall–Kier alpha value is -1.78. The van der Waals surface area contributed by atoms with Crippen LogP contribution in [0.25, 0.3) is 0 Å². The molecule has 2 heterocycles. The number of nitrogens with one attached hydrogen (secondary N) is 1. The summed E-state index contributed by atoms with van der Waals surface area (Å²) in [6.45, 7) is 3.81. The number of rotatable bonds is 5. The van der Waals surface area contributed by atoms with Gasteiger partial charge in [0.2, 0.25) is 0 Å². The number of pyridine rings is 1. The van der Waals surface area contributed by atoms with Crippen molar-refractivity contribution >= 4 is 11.8 Å². The van der Waals surface area contributed by atoms with Gasteiger partial charge in [-0.05, 0) is 43.2 Å². The fraction of sp³-hybridized carbons (Fsp3) is 0.625. The third kappa shape index (κ3) is 3.86. The Morgan fingerprint density at radius 3 is 2.71 bits per heavy atom. The highest BCUT2D eigenvalue weighted by Crippen LogP contribution is 2.25. The molecule has 0 unspecified atom stereocenters. The summed E-state index contributed by atoms with van der Waals surface area (Å²) in [5.41, 5.74) is 6.99. The average Bonchev–Trinajstić information content (AvgIpc) is 2.98. The quantitative estimate of drug-likeness (QED) is 0.641. The van der Waals surface area contributed by atoms with Gasteiger partial charge in [-0.3, -0.25) is 0 Å². The monoisotopic (exact) mass is 287 g/mol. The molecule has 114 valence electrons. The van der Waals surface area contributed by atoms with Gasteiger partial charge >= 0.3 is 0 Å². The van der Waals surface area contributed by atoms with Crippen molar-refractivity contribution < 1.29 is 0 Å². The first-order chi connectivity index (χ1) is 10.3. The molecular weight excluding hydrogens is 262 g/mol. The molecule has 1 aromatic rings. The van der Waals surface area contributed by atoms with E-state index >= 15 is 0 Å². The van der Waals surface area contributed by atoms with Gasteiger partial charge in [0.15, 0.2) is 5.96 Å². The molecule has 1 saturated heterocycles. The SMILES string of the molecule is NC(=NCc1ccc(N2CCCC2)nc1)NCC1CCC1. The Morgan fingerprint density at radius 2 is 2.10 bits per heavy atom. The topological polar surface area (TPSA) is 66.5 Å². The highest BCUT2D eigenvalue weighted by Gasteiger charge is 2.16. The van der Waals surface area contributed by atoms with Crippen molar-refractivity contribution in [3.63, 3.8) is 0 Å². The van der Waals surface area contributed by atoms with Gasteiger partial charge in [0, 0.05) is 25.8 Å². The van der Waals surface area contributed by atoms with E-state index in [4.69, 9.17) is 5.73 Å². The molecule has 0 spiro atoms. The maximum atomic E-state index is 5.89. The maximum Gasteiger partial charge on any atom is 0.188 e. The first kappa shape index (κ1) is 14.2. The molecule has 1 aliphatic carbocycles. The second-order valence-corrected chi connectivity index (χ2v) is 6.10. The molecule has 3 N–H and O–H groups in total. The molecule has 1 aromatic heterocycles. The third-order valence-electron chi connectivity index (χ3n) is 4.47. The minimum atomic E-state index is 0.547. The molecule has 5 heteroatoms. The van der Waals surface area contributed by atoms with Crippen LogP contribution in [0.4, 0.5) is 5.82 Å². The average molecular weight is 287 g/mol. The first-order valence-corrected chi connectivity index (χ1v) is 8.05. The lowest BCUT2D eigenvalue weighted by atomic mass is 9.85. The number of nitrogens with two attached hydrogens (primary N) is 1. The summed E-state index contributed by atoms with van der Waals surface area (Å²) < 4.78 is 0. The Morgan fingerprint density at radius 1 is 1.29 bits per heavy atom. The predicted octanol–water partition coefficient (Wildman–Crippen LogP) is 1.89. The van der Waals surface area contributed by atoms with E-state index in [0.29, 0.717) is 12.5 Å². The molecule has 0 bridgehead atoms. The van der Waals surface area contributed by atoms with Crippen LogP contribution < -0.4 is 16.0 Å². The number of guanidine groups is 1. The number of anilines is 1. The summed E-state index contributed by atoms with van der Waals surface area (Å²) in [6, 6.07) is 4.19. The van der Waals surface area contributed by atoms with Crippen molar-refractivity contribution in [2.45, 2.75) is 38.6 Å². The van der Waals surface area contributed by atoms with Crippen LogP contribution in [-0.2, 0) is 6.54 Å². The second kappa shape index (κ2) is 6.78. The van der Waals surface area contributed by atoms with Crippen LogP contribution in [0.3, 0.4) is 0 Å². The maximum absolute atomic E-state index is 5.89. The minimum Gasteiger partial charge on any atom is -0.370 e. The van der Waals surface area contributed by atoms with Gasteiger partial charge in [-0.15, -0.1) is 0 Å². The van der Waals surface area contributed by atoms with Gasteiger partial charge in [0.25, 0.3) is 0 Å². The molecule has 1 aliphatic heterocycles. The van der Waals surface area contributed by atoms with Crippen molar-refractivity contribution in [1.29, 1.82) is 0 Å². The smallest absolute Gasteiger partial charge is 0.188 e. The predicted molar refractivity (Wildman–Crippen MR) is 86.4 cm³/mol. The van der Waals surface area contributed by atoms with Gasteiger partial charge in [0.05, 0.1) is 6.54 Å². The van der Waals surface area contributed by atoms with Crippen LogP contribution in [0.1, 0.15) is 37.7 Å². The van der Waals surface area contributed by atoms with E-state index in [9.17, 15) is 0 Å². The van der Waals surface area contributed by atoms with Crippen LogP contribution in [0.15, 0.2) is 23.3 Å². The fourth-order valence-corrected chi connectivity index (χ4v) is 2.82. The molecule has 1 saturated carbocycles. The number of hydrogen-bond acceptors (Lipinski definition) is 3.